The van der Waals surface area contributed by atoms with Gasteiger partial charge < -0.3 is 25.2 Å². The van der Waals surface area contributed by atoms with Crippen molar-refractivity contribution in [3.05, 3.63) is 57.3 Å². The van der Waals surface area contributed by atoms with Gasteiger partial charge in [0.15, 0.2) is 0 Å². The van der Waals surface area contributed by atoms with Crippen LogP contribution in [-0.2, 0) is 11.2 Å². The molecule has 5 rings (SSSR count). The average Bonchev–Trinajstić information content (AvgIpc) is 3.29. The van der Waals surface area contributed by atoms with Crippen LogP contribution in [0.2, 0.25) is 5.02 Å². The lowest BCUT2D eigenvalue weighted by Crippen LogP contribution is -2.51. The van der Waals surface area contributed by atoms with Gasteiger partial charge in [-0.05, 0) is 37.6 Å². The molecule has 11 nitrogen and oxygen atoms in total. The average molecular weight is 591 g/mol. The van der Waals surface area contributed by atoms with Crippen molar-refractivity contribution in [2.75, 3.05) is 25.7 Å². The summed E-state index contributed by atoms with van der Waals surface area (Å²) in [6.07, 6.45) is 1.36. The van der Waals surface area contributed by atoms with Gasteiger partial charge in [0, 0.05) is 23.9 Å². The van der Waals surface area contributed by atoms with E-state index in [1.165, 1.54) is 47.7 Å². The van der Waals surface area contributed by atoms with E-state index in [9.17, 15) is 24.2 Å². The van der Waals surface area contributed by atoms with Gasteiger partial charge in [-0.15, -0.1) is 11.3 Å². The molecule has 4 N–H and O–H groups in total. The highest BCUT2D eigenvalue weighted by Gasteiger charge is 2.43. The number of halogens is 2. The van der Waals surface area contributed by atoms with Crippen molar-refractivity contribution >= 4 is 40.7 Å². The normalized spacial score (nSPS) is 21.4. The molecule has 40 heavy (non-hydrogen) atoms. The zero-order chi connectivity index (χ0) is 28.7. The van der Waals surface area contributed by atoms with Crippen LogP contribution >= 0.6 is 22.9 Å². The maximum atomic E-state index is 14.0. The summed E-state index contributed by atoms with van der Waals surface area (Å²) in [4.78, 5) is 38.2. The highest BCUT2D eigenvalue weighted by atomic mass is 35.5. The number of carbonyl (C=O) groups is 2. The van der Waals surface area contributed by atoms with E-state index in [0.717, 1.165) is 4.88 Å². The van der Waals surface area contributed by atoms with Crippen molar-refractivity contribution in [2.24, 2.45) is 0 Å². The molecule has 1 fully saturated rings. The summed E-state index contributed by atoms with van der Waals surface area (Å²) < 4.78 is 19.1. The van der Waals surface area contributed by atoms with Crippen molar-refractivity contribution < 1.29 is 28.9 Å². The van der Waals surface area contributed by atoms with Crippen LogP contribution in [0.1, 0.15) is 40.7 Å². The van der Waals surface area contributed by atoms with Gasteiger partial charge in [0.2, 0.25) is 11.9 Å². The first-order valence-corrected chi connectivity index (χ1v) is 13.8. The Balaban J connectivity index is 1.31. The van der Waals surface area contributed by atoms with E-state index in [-0.39, 0.29) is 23.6 Å². The fraction of sp³-hybridized carbons (Fsp3) is 0.385. The first-order valence-electron chi connectivity index (χ1n) is 12.6. The summed E-state index contributed by atoms with van der Waals surface area (Å²) >= 11 is 7.79. The minimum absolute atomic E-state index is 0.0658. The van der Waals surface area contributed by atoms with Gasteiger partial charge >= 0.3 is 0 Å². The number of nitrogens with zero attached hydrogens (tertiary/aromatic N) is 4. The van der Waals surface area contributed by atoms with Gasteiger partial charge in [-0.25, -0.2) is 14.4 Å². The number of ether oxygens (including phenoxy) is 1. The number of rotatable bonds is 9. The predicted molar refractivity (Wildman–Crippen MR) is 146 cm³/mol. The van der Waals surface area contributed by atoms with Crippen LogP contribution in [0, 0.1) is 5.82 Å². The summed E-state index contributed by atoms with van der Waals surface area (Å²) in [7, 11) is 1.39. The van der Waals surface area contributed by atoms with Crippen molar-refractivity contribution in [3.63, 3.8) is 0 Å². The first kappa shape index (κ1) is 28.2. The number of hydrazine groups is 1. The Morgan fingerprint density at radius 1 is 1.35 bits per heavy atom. The molecule has 1 saturated heterocycles. The van der Waals surface area contributed by atoms with Crippen LogP contribution in [0.15, 0.2) is 30.5 Å². The molecule has 4 heterocycles. The number of benzene rings is 1. The number of carbonyl (C=O) groups excluding carboxylic acids is 2. The molecule has 0 spiro atoms. The van der Waals surface area contributed by atoms with E-state index >= 15 is 0 Å². The highest BCUT2D eigenvalue weighted by molar-refractivity contribution is 7.16. The fourth-order valence-electron chi connectivity index (χ4n) is 4.54. The molecule has 3 aromatic rings. The molecule has 212 valence electrons. The SMILES string of the molecule is COc1cc(F)cc([C@@H](CO)NC(=O)[C@@H](C)N2CCc3sc(-c4nc(NN5[C@@H](C)[C@@H]5O)ncc4Cl)cc3C2=O)c1. The molecule has 0 saturated carbocycles. The Hall–Kier alpha value is -3.36. The van der Waals surface area contributed by atoms with Gasteiger partial charge in [-0.1, -0.05) is 11.6 Å². The first-order chi connectivity index (χ1) is 19.1. The highest BCUT2D eigenvalue weighted by Crippen LogP contribution is 2.38. The van der Waals surface area contributed by atoms with Crippen LogP contribution in [0.4, 0.5) is 10.3 Å². The molecule has 2 amide bonds. The number of amides is 2. The second kappa shape index (κ2) is 11.3. The molecule has 5 atom stereocenters. The van der Waals surface area contributed by atoms with Gasteiger partial charge in [-0.2, -0.15) is 5.01 Å². The summed E-state index contributed by atoms with van der Waals surface area (Å²) in [5.41, 5.74) is 4.19. The van der Waals surface area contributed by atoms with Crippen molar-refractivity contribution in [1.29, 1.82) is 0 Å². The topological polar surface area (TPSA) is 140 Å². The van der Waals surface area contributed by atoms with Gasteiger partial charge in [0.05, 0.1) is 47.5 Å². The van der Waals surface area contributed by atoms with Crippen molar-refractivity contribution in [1.82, 2.24) is 25.2 Å². The fourth-order valence-corrected chi connectivity index (χ4v) is 5.93. The van der Waals surface area contributed by atoms with E-state index in [1.807, 2.05) is 6.92 Å². The quantitative estimate of drug-likeness (QED) is 0.277. The molecule has 2 aliphatic rings. The van der Waals surface area contributed by atoms with Gasteiger partial charge in [-0.3, -0.25) is 15.0 Å². The van der Waals surface area contributed by atoms with Crippen molar-refractivity contribution in [2.45, 2.75) is 44.6 Å². The Kier molecular flexibility index (Phi) is 7.93. The monoisotopic (exact) mass is 590 g/mol. The number of fused-ring (bicyclic) bond motifs is 1. The van der Waals surface area contributed by atoms with E-state index in [2.05, 4.69) is 20.7 Å². The van der Waals surface area contributed by atoms with E-state index in [0.29, 0.717) is 39.7 Å². The second-order valence-corrected chi connectivity index (χ2v) is 11.1. The second-order valence-electron chi connectivity index (χ2n) is 9.60. The third-order valence-corrected chi connectivity index (χ3v) is 8.51. The molecular formula is C26H28ClFN6O5S. The van der Waals surface area contributed by atoms with Crippen LogP contribution in [0.5, 0.6) is 5.75 Å². The number of aliphatic hydroxyl groups is 2. The standard InChI is InChI=1S/C26H28ClFN6O5S/c1-12(23(36)30-19(11-35)14-6-15(28)8-16(7-14)39-3)33-5-4-20-17(25(33)38)9-21(40-20)22-18(27)10-29-26(31-22)32-34-13(2)24(34)37/h6-10,12-13,19,24,35,37H,4-5,11H2,1-3H3,(H,30,36)(H,29,31,32)/t12-,13+,19-,24+,34?/m1/s1. The minimum atomic E-state index is -0.887. The lowest BCUT2D eigenvalue weighted by atomic mass is 10.0. The Labute approximate surface area is 238 Å². The van der Waals surface area contributed by atoms with E-state index in [4.69, 9.17) is 16.3 Å². The van der Waals surface area contributed by atoms with Gasteiger partial charge in [0.1, 0.15) is 29.5 Å². The summed E-state index contributed by atoms with van der Waals surface area (Å²) in [6, 6.07) is 3.84. The number of hydrogen-bond acceptors (Lipinski definition) is 10. The van der Waals surface area contributed by atoms with E-state index < -0.39 is 36.6 Å². The van der Waals surface area contributed by atoms with Crippen molar-refractivity contribution in [3.8, 4) is 16.3 Å². The predicted octanol–water partition coefficient (Wildman–Crippen LogP) is 2.59. The largest absolute Gasteiger partial charge is 0.497 e. The minimum Gasteiger partial charge on any atom is -0.497 e. The third kappa shape index (κ3) is 5.47. The third-order valence-electron chi connectivity index (χ3n) is 7.03. The molecule has 14 heteroatoms. The smallest absolute Gasteiger partial charge is 0.255 e. The molecule has 2 aromatic heterocycles. The number of methoxy groups -OCH3 is 1. The zero-order valence-electron chi connectivity index (χ0n) is 21.9. The number of anilines is 1. The lowest BCUT2D eigenvalue weighted by Gasteiger charge is -2.32. The molecule has 1 aromatic carbocycles. The van der Waals surface area contributed by atoms with Gasteiger partial charge in [0.25, 0.3) is 5.91 Å². The lowest BCUT2D eigenvalue weighted by molar-refractivity contribution is -0.126. The molecule has 0 aliphatic carbocycles. The summed E-state index contributed by atoms with van der Waals surface area (Å²) in [5.74, 6) is -0.848. The summed E-state index contributed by atoms with van der Waals surface area (Å²) in [6.45, 7) is 3.30. The number of aliphatic hydroxyl groups excluding tert-OH is 2. The van der Waals surface area contributed by atoms with Crippen LogP contribution in [0.25, 0.3) is 10.6 Å². The summed E-state index contributed by atoms with van der Waals surface area (Å²) in [5, 5.41) is 24.3. The van der Waals surface area contributed by atoms with Crippen LogP contribution in [0.3, 0.4) is 0 Å². The molecule has 1 unspecified atom stereocenters. The molecule has 0 bridgehead atoms. The zero-order valence-corrected chi connectivity index (χ0v) is 23.5. The maximum absolute atomic E-state index is 14.0. The maximum Gasteiger partial charge on any atom is 0.255 e. The number of thiophene rings is 1. The molecule has 0 radical (unpaired) electrons. The Morgan fingerprint density at radius 2 is 2.10 bits per heavy atom. The van der Waals surface area contributed by atoms with Crippen LogP contribution < -0.4 is 15.5 Å². The molecular weight excluding hydrogens is 563 g/mol. The van der Waals surface area contributed by atoms with Crippen LogP contribution in [-0.4, -0.2) is 80.5 Å². The Morgan fingerprint density at radius 3 is 2.77 bits per heavy atom. The number of hydrogen-bond donors (Lipinski definition) is 4. The number of aromatic nitrogens is 2. The molecule has 2 aliphatic heterocycles. The van der Waals surface area contributed by atoms with E-state index in [1.54, 1.807) is 18.0 Å². The Bertz CT molecular complexity index is 1450. The number of nitrogens with one attached hydrogen (secondary N) is 2.